The predicted octanol–water partition coefficient (Wildman–Crippen LogP) is 8.76. The Morgan fingerprint density at radius 1 is 0.812 bits per heavy atom. The molecule has 0 heterocycles. The molecule has 0 fully saturated rings. The Bertz CT molecular complexity index is 1270. The van der Waals surface area contributed by atoms with Crippen molar-refractivity contribution in [1.29, 1.82) is 0 Å². The molecule has 0 unspecified atom stereocenters. The van der Waals surface area contributed by atoms with Crippen LogP contribution in [-0.4, -0.2) is 62.6 Å². The molecule has 3 amide bonds. The molecule has 2 aromatic rings. The summed E-state index contributed by atoms with van der Waals surface area (Å²) in [6.45, 7) is 27.6. The van der Waals surface area contributed by atoms with Gasteiger partial charge in [0.1, 0.15) is 23.1 Å². The van der Waals surface area contributed by atoms with E-state index in [0.717, 1.165) is 24.2 Å². The van der Waals surface area contributed by atoms with E-state index in [0.29, 0.717) is 18.7 Å². The van der Waals surface area contributed by atoms with E-state index in [-0.39, 0.29) is 30.0 Å². The van der Waals surface area contributed by atoms with Crippen LogP contribution in [0.2, 0.25) is 18.1 Å². The highest BCUT2D eigenvalue weighted by Crippen LogP contribution is 2.37. The maximum Gasteiger partial charge on any atom is 0.415 e. The van der Waals surface area contributed by atoms with Gasteiger partial charge in [0.2, 0.25) is 14.2 Å². The van der Waals surface area contributed by atoms with Gasteiger partial charge in [0.05, 0.1) is 0 Å². The molecule has 1 atom stereocenters. The maximum atomic E-state index is 12.7. The number of rotatable bonds is 13. The molecule has 0 saturated carbocycles. The monoisotopic (exact) mass is 685 g/mol. The van der Waals surface area contributed by atoms with Crippen LogP contribution in [0.5, 0.6) is 11.5 Å². The van der Waals surface area contributed by atoms with Gasteiger partial charge in [-0.25, -0.2) is 9.59 Å². The lowest BCUT2D eigenvalue weighted by molar-refractivity contribution is -0.123. The Kier molecular flexibility index (Phi) is 17.2. The van der Waals surface area contributed by atoms with Crippen molar-refractivity contribution in [2.75, 3.05) is 19.6 Å². The van der Waals surface area contributed by atoms with Crippen molar-refractivity contribution in [3.8, 4) is 11.5 Å². The Morgan fingerprint density at radius 3 is 1.73 bits per heavy atom. The molecule has 0 saturated heterocycles. The van der Waals surface area contributed by atoms with Crippen LogP contribution in [0.1, 0.15) is 93.7 Å². The van der Waals surface area contributed by atoms with Gasteiger partial charge in [0, 0.05) is 19.6 Å². The lowest BCUT2D eigenvalue weighted by Gasteiger charge is -2.36. The highest BCUT2D eigenvalue weighted by Gasteiger charge is 2.38. The molecule has 48 heavy (non-hydrogen) atoms. The third kappa shape index (κ3) is 16.0. The van der Waals surface area contributed by atoms with E-state index in [2.05, 4.69) is 82.6 Å². The summed E-state index contributed by atoms with van der Waals surface area (Å²) < 4.78 is 16.9. The first-order valence-corrected chi connectivity index (χ1v) is 20.2. The Balaban J connectivity index is 0.000000600. The molecular weight excluding hydrogens is 623 g/mol. The minimum Gasteiger partial charge on any atom is -0.544 e. The number of carbonyl (C=O) groups excluding carboxylic acids is 3. The second kappa shape index (κ2) is 19.5. The minimum atomic E-state index is -1.67. The molecule has 0 aliphatic carbocycles. The quantitative estimate of drug-likeness (QED) is 0.204. The van der Waals surface area contributed by atoms with E-state index in [4.69, 9.17) is 13.9 Å². The van der Waals surface area contributed by atoms with Crippen LogP contribution < -0.4 is 19.8 Å². The van der Waals surface area contributed by atoms with E-state index in [1.54, 1.807) is 32.9 Å². The zero-order valence-corrected chi connectivity index (χ0v) is 32.9. The summed E-state index contributed by atoms with van der Waals surface area (Å²) in [5.41, 5.74) is 1.88. The number of hydrogen-bond acceptors (Lipinski definition) is 6. The lowest BCUT2D eigenvalue weighted by Crippen LogP contribution is -2.50. The summed E-state index contributed by atoms with van der Waals surface area (Å²) in [7, 11) is -1.67. The number of nitrogens with one attached hydrogen (secondary N) is 2. The van der Waals surface area contributed by atoms with Crippen LogP contribution in [-0.2, 0) is 22.4 Å². The van der Waals surface area contributed by atoms with Gasteiger partial charge in [0.15, 0.2) is 0 Å². The van der Waals surface area contributed by atoms with Crippen molar-refractivity contribution in [3.63, 3.8) is 0 Å². The number of aryl methyl sites for hydroxylation is 2. The Morgan fingerprint density at radius 2 is 1.31 bits per heavy atom. The van der Waals surface area contributed by atoms with E-state index in [1.807, 2.05) is 32.9 Å². The molecule has 0 radical (unpaired) electrons. The average molecular weight is 686 g/mol. The average Bonchev–Trinajstić information content (AvgIpc) is 2.98. The summed E-state index contributed by atoms with van der Waals surface area (Å²) in [4.78, 5) is 38.7. The second-order valence-electron chi connectivity index (χ2n) is 14.9. The predicted molar refractivity (Wildman–Crippen MR) is 198 cm³/mol. The zero-order valence-electron chi connectivity index (χ0n) is 31.9. The normalized spacial score (nSPS) is 12.3. The topological polar surface area (TPSA) is 106 Å². The Hall–Kier alpha value is -3.53. The maximum absolute atomic E-state index is 12.7. The van der Waals surface area contributed by atoms with Crippen LogP contribution in [0.15, 0.2) is 48.5 Å². The number of carbonyl (C=O) groups is 3. The number of alkyl carbamates (subject to hydrolysis) is 1. The third-order valence-electron chi connectivity index (χ3n) is 8.08. The van der Waals surface area contributed by atoms with Gasteiger partial charge in [-0.2, -0.15) is 0 Å². The molecule has 0 aromatic heterocycles. The van der Waals surface area contributed by atoms with Crippen molar-refractivity contribution in [1.82, 2.24) is 15.5 Å². The summed E-state index contributed by atoms with van der Waals surface area (Å²) in [6, 6.07) is 15.2. The fourth-order valence-corrected chi connectivity index (χ4v) is 5.20. The number of likely N-dealkylation sites (N-methyl/N-ethyl adjacent to an activating group) is 1. The van der Waals surface area contributed by atoms with Crippen LogP contribution in [0.3, 0.4) is 0 Å². The molecular formula is C38H63N3O6Si. The molecule has 10 heteroatoms. The summed E-state index contributed by atoms with van der Waals surface area (Å²) in [5, 5.41) is 5.70. The van der Waals surface area contributed by atoms with Crippen molar-refractivity contribution >= 4 is 26.4 Å². The van der Waals surface area contributed by atoms with Crippen LogP contribution in [0, 0.1) is 5.92 Å². The second-order valence-corrected chi connectivity index (χ2v) is 19.6. The highest BCUT2D eigenvalue weighted by molar-refractivity contribution is 6.74. The molecule has 0 bridgehead atoms. The molecule has 2 rings (SSSR count). The number of amides is 3. The van der Waals surface area contributed by atoms with E-state index in [1.165, 1.54) is 10.5 Å². The van der Waals surface area contributed by atoms with Gasteiger partial charge in [-0.3, -0.25) is 4.79 Å². The molecule has 270 valence electrons. The van der Waals surface area contributed by atoms with Gasteiger partial charge in [-0.15, -0.1) is 0 Å². The van der Waals surface area contributed by atoms with Crippen LogP contribution in [0.4, 0.5) is 9.59 Å². The lowest BCUT2D eigenvalue weighted by atomic mass is 10.0. The molecule has 0 aliphatic rings. The smallest absolute Gasteiger partial charge is 0.415 e. The summed E-state index contributed by atoms with van der Waals surface area (Å²) >= 11 is 0. The molecule has 2 N–H and O–H groups in total. The largest absolute Gasteiger partial charge is 0.544 e. The van der Waals surface area contributed by atoms with E-state index in [9.17, 15) is 14.4 Å². The fraction of sp³-hybridized carbons (Fsp3) is 0.605. The first-order chi connectivity index (χ1) is 22.2. The number of benzene rings is 2. The number of ether oxygens (including phenoxy) is 2. The van der Waals surface area contributed by atoms with Gasteiger partial charge in [-0.1, -0.05) is 72.7 Å². The van der Waals surface area contributed by atoms with Gasteiger partial charge < -0.3 is 29.4 Å². The summed E-state index contributed by atoms with van der Waals surface area (Å²) in [5.74, 6) is 1.38. The van der Waals surface area contributed by atoms with Gasteiger partial charge in [0.25, 0.3) is 0 Å². The Labute approximate surface area is 291 Å². The zero-order chi connectivity index (χ0) is 36.7. The van der Waals surface area contributed by atoms with Gasteiger partial charge >= 0.3 is 12.2 Å². The fourth-order valence-electron chi connectivity index (χ4n) is 4.17. The van der Waals surface area contributed by atoms with Gasteiger partial charge in [-0.05, 0) is 106 Å². The van der Waals surface area contributed by atoms with Crippen molar-refractivity contribution < 1.29 is 28.3 Å². The first kappa shape index (κ1) is 42.5. The number of hydrogen-bond donors (Lipinski definition) is 2. The third-order valence-corrected chi connectivity index (χ3v) is 12.4. The van der Waals surface area contributed by atoms with Crippen molar-refractivity contribution in [3.05, 3.63) is 59.7 Å². The summed E-state index contributed by atoms with van der Waals surface area (Å²) in [6.07, 6.45) is 1.36. The van der Waals surface area contributed by atoms with E-state index < -0.39 is 32.1 Å². The van der Waals surface area contributed by atoms with E-state index >= 15 is 0 Å². The van der Waals surface area contributed by atoms with Crippen LogP contribution >= 0.6 is 0 Å². The van der Waals surface area contributed by atoms with Crippen molar-refractivity contribution in [2.24, 2.45) is 5.92 Å². The van der Waals surface area contributed by atoms with Crippen LogP contribution in [0.25, 0.3) is 0 Å². The van der Waals surface area contributed by atoms with Crippen molar-refractivity contribution in [2.45, 2.75) is 125 Å². The standard InChI is InChI=1S/C24H39N3O5.C14H24OSi/c1-8-18-10-12-19(13-11-18)31-23(30)27(9-2)15-14-25-21(28)20(16-17(3)4)26-22(29)32-24(5,6)7;1-7-12-8-10-13(11-9-12)15-16(5,6)14(2,3)4/h10-13,17,20H,8-9,14-16H2,1-7H3,(H,25,28)(H,26,29);8-11H,7H2,1-6H3/t20-;/m1./s1. The number of nitrogens with zero attached hydrogens (tertiary/aromatic N) is 1. The molecule has 0 spiro atoms. The minimum absolute atomic E-state index is 0.196. The first-order valence-electron chi connectivity index (χ1n) is 17.3. The molecule has 9 nitrogen and oxygen atoms in total. The molecule has 2 aromatic carbocycles. The molecule has 0 aliphatic heterocycles. The highest BCUT2D eigenvalue weighted by atomic mass is 28.4. The SMILES string of the molecule is CCc1ccc(OC(=O)N(CC)CCNC(=O)[C@@H](CC(C)C)NC(=O)OC(C)(C)C)cc1.CCc1ccc(O[Si](C)(C)C(C)(C)C)cc1.